The van der Waals surface area contributed by atoms with Crippen LogP contribution in [0.4, 0.5) is 24.0 Å². The summed E-state index contributed by atoms with van der Waals surface area (Å²) in [6, 6.07) is 12.8. The summed E-state index contributed by atoms with van der Waals surface area (Å²) in [5.74, 6) is -0.247. The molecule has 8 heteroatoms. The summed E-state index contributed by atoms with van der Waals surface area (Å²) in [6.45, 7) is 2.04. The van der Waals surface area contributed by atoms with Crippen LogP contribution in [-0.4, -0.2) is 17.4 Å². The lowest BCUT2D eigenvalue weighted by Gasteiger charge is -2.08. The number of nitrogens with one attached hydrogen (secondary N) is 2. The van der Waals surface area contributed by atoms with Crippen molar-refractivity contribution in [1.82, 2.24) is 4.98 Å². The van der Waals surface area contributed by atoms with E-state index in [1.54, 1.807) is 12.3 Å². The summed E-state index contributed by atoms with van der Waals surface area (Å²) in [5, 5.41) is 6.17. The smallest absolute Gasteiger partial charge is 0.376 e. The molecule has 0 atom stereocenters. The van der Waals surface area contributed by atoms with E-state index in [2.05, 4.69) is 15.6 Å². The highest BCUT2D eigenvalue weighted by molar-refractivity contribution is 7.15. The maximum absolute atomic E-state index is 12.8. The minimum atomic E-state index is -4.37. The van der Waals surface area contributed by atoms with E-state index >= 15 is 0 Å². The Morgan fingerprint density at radius 2 is 1.93 bits per heavy atom. The largest absolute Gasteiger partial charge is 0.416 e. The van der Waals surface area contributed by atoms with Crippen LogP contribution in [0, 0.1) is 6.92 Å². The van der Waals surface area contributed by atoms with Crippen LogP contribution in [0.3, 0.4) is 0 Å². The molecule has 0 bridgehead atoms. The molecule has 0 unspecified atom stereocenters. The van der Waals surface area contributed by atoms with E-state index in [1.165, 1.54) is 17.4 Å². The number of carbonyl (C=O) groups excluding carboxylic acids is 1. The van der Waals surface area contributed by atoms with Gasteiger partial charge >= 0.3 is 6.18 Å². The predicted molar refractivity (Wildman–Crippen MR) is 105 cm³/mol. The van der Waals surface area contributed by atoms with E-state index in [-0.39, 0.29) is 12.5 Å². The molecule has 146 valence electrons. The molecule has 0 saturated carbocycles. The fourth-order valence-electron chi connectivity index (χ4n) is 2.62. The zero-order valence-electron chi connectivity index (χ0n) is 15.0. The number of aromatic nitrogens is 1. The van der Waals surface area contributed by atoms with E-state index in [0.29, 0.717) is 17.1 Å². The number of benzene rings is 2. The van der Waals surface area contributed by atoms with E-state index in [9.17, 15) is 18.0 Å². The van der Waals surface area contributed by atoms with Gasteiger partial charge in [0.05, 0.1) is 12.1 Å². The van der Waals surface area contributed by atoms with Crippen molar-refractivity contribution >= 4 is 28.1 Å². The molecule has 28 heavy (non-hydrogen) atoms. The molecule has 4 nitrogen and oxygen atoms in total. The Balaban J connectivity index is 1.57. The van der Waals surface area contributed by atoms with E-state index in [0.717, 1.165) is 28.3 Å². The van der Waals surface area contributed by atoms with Crippen LogP contribution >= 0.6 is 11.3 Å². The lowest BCUT2D eigenvalue weighted by molar-refractivity contribution is -0.137. The van der Waals surface area contributed by atoms with E-state index < -0.39 is 11.7 Å². The molecule has 0 spiro atoms. The molecule has 0 aliphatic heterocycles. The lowest BCUT2D eigenvalue weighted by Crippen LogP contribution is -2.21. The molecule has 3 rings (SSSR count). The summed E-state index contributed by atoms with van der Waals surface area (Å²) in [4.78, 5) is 17.0. The Hall–Kier alpha value is -2.87. The summed E-state index contributed by atoms with van der Waals surface area (Å²) in [7, 11) is 0. The fourth-order valence-corrected chi connectivity index (χ4v) is 3.48. The molecule has 1 aromatic heterocycles. The lowest BCUT2D eigenvalue weighted by atomic mass is 10.1. The van der Waals surface area contributed by atoms with Crippen LogP contribution in [0.15, 0.2) is 54.7 Å². The molecule has 0 aliphatic carbocycles. The Kier molecular flexibility index (Phi) is 5.99. The number of nitrogens with zero attached hydrogens (tertiary/aromatic N) is 1. The number of halogens is 3. The number of carbonyl (C=O) groups is 1. The van der Waals surface area contributed by atoms with Gasteiger partial charge in [-0.15, -0.1) is 11.3 Å². The Bertz CT molecular complexity index is 969. The zero-order valence-corrected chi connectivity index (χ0v) is 15.8. The van der Waals surface area contributed by atoms with Crippen molar-refractivity contribution in [3.8, 4) is 0 Å². The van der Waals surface area contributed by atoms with Crippen molar-refractivity contribution in [3.05, 3.63) is 76.3 Å². The quantitative estimate of drug-likeness (QED) is 0.599. The Morgan fingerprint density at radius 1 is 1.14 bits per heavy atom. The van der Waals surface area contributed by atoms with Gasteiger partial charge in [-0.2, -0.15) is 13.2 Å². The summed E-state index contributed by atoms with van der Waals surface area (Å²) >= 11 is 1.24. The molecule has 0 radical (unpaired) electrons. The molecule has 0 aliphatic rings. The van der Waals surface area contributed by atoms with Crippen LogP contribution in [0.25, 0.3) is 0 Å². The third-order valence-corrected chi connectivity index (χ3v) is 4.93. The normalized spacial score (nSPS) is 11.3. The first-order valence-corrected chi connectivity index (χ1v) is 9.33. The van der Waals surface area contributed by atoms with Crippen molar-refractivity contribution < 1.29 is 18.0 Å². The van der Waals surface area contributed by atoms with Crippen LogP contribution in [0.1, 0.15) is 21.6 Å². The number of hydrogen-bond acceptors (Lipinski definition) is 4. The van der Waals surface area contributed by atoms with Gasteiger partial charge in [0.1, 0.15) is 0 Å². The molecule has 1 heterocycles. The van der Waals surface area contributed by atoms with Gasteiger partial charge in [-0.1, -0.05) is 36.4 Å². The topological polar surface area (TPSA) is 54.0 Å². The summed E-state index contributed by atoms with van der Waals surface area (Å²) < 4.78 is 38.4. The van der Waals surface area contributed by atoms with Crippen molar-refractivity contribution in [3.63, 3.8) is 0 Å². The summed E-state index contributed by atoms with van der Waals surface area (Å²) in [5.41, 5.74) is 1.78. The standard InChI is InChI=1S/C20H18F3N3OS/c1-13-5-2-3-8-17(13)24-12-18(27)26-19-25-11-16(28-19)10-14-6-4-7-15(9-14)20(21,22)23/h2-9,11,24H,10,12H2,1H3,(H,25,26,27). The highest BCUT2D eigenvalue weighted by atomic mass is 32.1. The third-order valence-electron chi connectivity index (χ3n) is 4.02. The zero-order chi connectivity index (χ0) is 20.1. The molecular formula is C20H18F3N3OS. The molecule has 2 aromatic carbocycles. The van der Waals surface area contributed by atoms with Crippen molar-refractivity contribution in [2.45, 2.75) is 19.5 Å². The molecular weight excluding hydrogens is 387 g/mol. The number of thiazole rings is 1. The van der Waals surface area contributed by atoms with Crippen molar-refractivity contribution in [1.29, 1.82) is 0 Å². The van der Waals surface area contributed by atoms with Crippen LogP contribution in [0.2, 0.25) is 0 Å². The molecule has 0 saturated heterocycles. The first-order chi connectivity index (χ1) is 13.3. The first kappa shape index (κ1) is 19.9. The molecule has 3 aromatic rings. The number of alkyl halides is 3. The molecule has 1 amide bonds. The first-order valence-electron chi connectivity index (χ1n) is 8.51. The van der Waals surface area contributed by atoms with Gasteiger partial charge in [-0.05, 0) is 30.2 Å². The van der Waals surface area contributed by atoms with Gasteiger partial charge in [0.25, 0.3) is 0 Å². The van der Waals surface area contributed by atoms with Gasteiger partial charge < -0.3 is 10.6 Å². The monoisotopic (exact) mass is 405 g/mol. The number of rotatable bonds is 6. The van der Waals surface area contributed by atoms with Crippen LogP contribution < -0.4 is 10.6 Å². The average Bonchev–Trinajstić information content (AvgIpc) is 3.07. The maximum atomic E-state index is 12.8. The van der Waals surface area contributed by atoms with Crippen molar-refractivity contribution in [2.75, 3.05) is 17.2 Å². The molecule has 0 fully saturated rings. The number of amides is 1. The van der Waals surface area contributed by atoms with Gasteiger partial charge in [-0.25, -0.2) is 4.98 Å². The second kappa shape index (κ2) is 8.43. The number of aryl methyl sites for hydroxylation is 1. The van der Waals surface area contributed by atoms with Crippen LogP contribution in [0.5, 0.6) is 0 Å². The van der Waals surface area contributed by atoms with Gasteiger partial charge in [0.15, 0.2) is 5.13 Å². The average molecular weight is 405 g/mol. The minimum absolute atomic E-state index is 0.0907. The van der Waals surface area contributed by atoms with Crippen LogP contribution in [-0.2, 0) is 17.4 Å². The predicted octanol–water partition coefficient (Wildman–Crippen LogP) is 5.11. The second-order valence-corrected chi connectivity index (χ2v) is 7.34. The van der Waals surface area contributed by atoms with Crippen molar-refractivity contribution in [2.24, 2.45) is 0 Å². The highest BCUT2D eigenvalue weighted by Crippen LogP contribution is 2.30. The van der Waals surface area contributed by atoms with Gasteiger partial charge in [0.2, 0.25) is 5.91 Å². The van der Waals surface area contributed by atoms with Gasteiger partial charge in [-0.3, -0.25) is 4.79 Å². The fraction of sp³-hybridized carbons (Fsp3) is 0.200. The number of para-hydroxylation sites is 1. The Labute approximate surface area is 164 Å². The molecule has 2 N–H and O–H groups in total. The van der Waals surface area contributed by atoms with E-state index in [4.69, 9.17) is 0 Å². The SMILES string of the molecule is Cc1ccccc1NCC(=O)Nc1ncc(Cc2cccc(C(F)(F)F)c2)s1. The Morgan fingerprint density at radius 3 is 2.68 bits per heavy atom. The number of hydrogen-bond donors (Lipinski definition) is 2. The highest BCUT2D eigenvalue weighted by Gasteiger charge is 2.30. The van der Waals surface area contributed by atoms with Gasteiger partial charge in [0, 0.05) is 23.2 Å². The maximum Gasteiger partial charge on any atom is 0.416 e. The minimum Gasteiger partial charge on any atom is -0.376 e. The number of anilines is 2. The second-order valence-electron chi connectivity index (χ2n) is 6.22. The third kappa shape index (κ3) is 5.32. The van der Waals surface area contributed by atoms with E-state index in [1.807, 2.05) is 31.2 Å². The summed E-state index contributed by atoms with van der Waals surface area (Å²) in [6.07, 6.45) is -2.48.